The van der Waals surface area contributed by atoms with E-state index in [0.717, 1.165) is 28.1 Å². The number of benzene rings is 2. The van der Waals surface area contributed by atoms with E-state index in [1.807, 2.05) is 50.2 Å². The number of carboxylic acid groups (broad SMARTS) is 1. The quantitative estimate of drug-likeness (QED) is 0.820. The van der Waals surface area contributed by atoms with Crippen LogP contribution in [0.4, 0.5) is 5.69 Å². The van der Waals surface area contributed by atoms with Crippen molar-refractivity contribution >= 4 is 11.7 Å². The molecule has 23 heavy (non-hydrogen) atoms. The lowest BCUT2D eigenvalue weighted by Gasteiger charge is -2.14. The van der Waals surface area contributed by atoms with Crippen molar-refractivity contribution in [2.75, 3.05) is 19.0 Å². The predicted octanol–water partition coefficient (Wildman–Crippen LogP) is 3.39. The molecule has 0 unspecified atom stereocenters. The van der Waals surface area contributed by atoms with Gasteiger partial charge in [-0.3, -0.25) is 0 Å². The molecule has 5 nitrogen and oxygen atoms in total. The van der Waals surface area contributed by atoms with Crippen LogP contribution in [0.25, 0.3) is 0 Å². The van der Waals surface area contributed by atoms with Gasteiger partial charge in [-0.15, -0.1) is 0 Å². The van der Waals surface area contributed by atoms with E-state index >= 15 is 0 Å². The number of anilines is 1. The van der Waals surface area contributed by atoms with Crippen LogP contribution in [0.1, 0.15) is 16.7 Å². The van der Waals surface area contributed by atoms with Gasteiger partial charge >= 0.3 is 5.97 Å². The minimum absolute atomic E-state index is 0.333. The van der Waals surface area contributed by atoms with E-state index in [2.05, 4.69) is 5.32 Å². The van der Waals surface area contributed by atoms with Gasteiger partial charge < -0.3 is 19.9 Å². The number of aliphatic carboxylic acids is 1. The monoisotopic (exact) mass is 315 g/mol. The van der Waals surface area contributed by atoms with E-state index < -0.39 is 5.97 Å². The van der Waals surface area contributed by atoms with E-state index in [0.29, 0.717) is 12.3 Å². The number of hydrogen-bond acceptors (Lipinski definition) is 4. The second kappa shape index (κ2) is 7.54. The highest BCUT2D eigenvalue weighted by Crippen LogP contribution is 2.27. The van der Waals surface area contributed by atoms with E-state index in [4.69, 9.17) is 14.6 Å². The van der Waals surface area contributed by atoms with Crippen molar-refractivity contribution in [2.24, 2.45) is 0 Å². The SMILES string of the molecule is COc1ccc(CNc2cc(C)c(OCC(=O)O)c(C)c2)cc1. The van der Waals surface area contributed by atoms with Crippen LogP contribution in [0, 0.1) is 13.8 Å². The fourth-order valence-corrected chi connectivity index (χ4v) is 2.36. The van der Waals surface area contributed by atoms with Gasteiger partial charge in [0.25, 0.3) is 0 Å². The highest BCUT2D eigenvalue weighted by atomic mass is 16.5. The average Bonchev–Trinajstić information content (AvgIpc) is 2.52. The molecule has 0 radical (unpaired) electrons. The molecule has 0 saturated heterocycles. The normalized spacial score (nSPS) is 10.2. The average molecular weight is 315 g/mol. The Kier molecular flexibility index (Phi) is 5.46. The number of hydrogen-bond donors (Lipinski definition) is 2. The molecule has 2 aromatic carbocycles. The summed E-state index contributed by atoms with van der Waals surface area (Å²) in [6, 6.07) is 11.8. The second-order valence-electron chi connectivity index (χ2n) is 5.32. The molecule has 5 heteroatoms. The van der Waals surface area contributed by atoms with Gasteiger partial charge in [-0.25, -0.2) is 4.79 Å². The summed E-state index contributed by atoms with van der Waals surface area (Å²) in [6.45, 7) is 4.17. The summed E-state index contributed by atoms with van der Waals surface area (Å²) in [4.78, 5) is 10.6. The second-order valence-corrected chi connectivity index (χ2v) is 5.32. The number of nitrogens with one attached hydrogen (secondary N) is 1. The van der Waals surface area contributed by atoms with Crippen molar-refractivity contribution in [3.63, 3.8) is 0 Å². The van der Waals surface area contributed by atoms with Crippen molar-refractivity contribution in [3.8, 4) is 11.5 Å². The van der Waals surface area contributed by atoms with E-state index in [9.17, 15) is 4.79 Å². The number of carboxylic acids is 1. The van der Waals surface area contributed by atoms with Crippen molar-refractivity contribution in [1.82, 2.24) is 0 Å². The minimum Gasteiger partial charge on any atom is -0.497 e. The number of ether oxygens (including phenoxy) is 2. The van der Waals surface area contributed by atoms with E-state index in [-0.39, 0.29) is 6.61 Å². The maximum Gasteiger partial charge on any atom is 0.341 e. The van der Waals surface area contributed by atoms with Crippen LogP contribution in [0.15, 0.2) is 36.4 Å². The van der Waals surface area contributed by atoms with Crippen LogP contribution in [-0.4, -0.2) is 24.8 Å². The van der Waals surface area contributed by atoms with Crippen LogP contribution in [0.2, 0.25) is 0 Å². The Bertz CT molecular complexity index is 657. The Hall–Kier alpha value is -2.69. The van der Waals surface area contributed by atoms with Gasteiger partial charge in [0.05, 0.1) is 7.11 Å². The lowest BCUT2D eigenvalue weighted by Crippen LogP contribution is -2.11. The highest BCUT2D eigenvalue weighted by Gasteiger charge is 2.08. The summed E-state index contributed by atoms with van der Waals surface area (Å²) in [5.74, 6) is 0.480. The summed E-state index contributed by atoms with van der Waals surface area (Å²) in [5.41, 5.74) is 3.93. The fraction of sp³-hybridized carbons (Fsp3) is 0.278. The van der Waals surface area contributed by atoms with E-state index in [1.165, 1.54) is 0 Å². The standard InChI is InChI=1S/C18H21NO4/c1-12-8-15(9-13(2)18(12)23-11-17(20)21)19-10-14-4-6-16(22-3)7-5-14/h4-9,19H,10-11H2,1-3H3,(H,20,21). The molecule has 122 valence electrons. The molecular formula is C18H21NO4. The first kappa shape index (κ1) is 16.7. The van der Waals surface area contributed by atoms with Gasteiger partial charge in [0.1, 0.15) is 11.5 Å². The molecule has 0 aliphatic rings. The molecule has 2 rings (SSSR count). The minimum atomic E-state index is -0.981. The largest absolute Gasteiger partial charge is 0.497 e. The van der Waals surface area contributed by atoms with Gasteiger partial charge in [-0.05, 0) is 54.8 Å². The van der Waals surface area contributed by atoms with Crippen LogP contribution in [0.5, 0.6) is 11.5 Å². The third-order valence-corrected chi connectivity index (χ3v) is 3.46. The zero-order chi connectivity index (χ0) is 16.8. The zero-order valence-corrected chi connectivity index (χ0v) is 13.6. The molecular weight excluding hydrogens is 294 g/mol. The Morgan fingerprint density at radius 2 is 1.74 bits per heavy atom. The van der Waals surface area contributed by atoms with Gasteiger partial charge in [-0.2, -0.15) is 0 Å². The molecule has 0 aliphatic carbocycles. The van der Waals surface area contributed by atoms with Crippen molar-refractivity contribution in [3.05, 3.63) is 53.1 Å². The zero-order valence-electron chi connectivity index (χ0n) is 13.6. The number of aryl methyl sites for hydroxylation is 2. The predicted molar refractivity (Wildman–Crippen MR) is 89.4 cm³/mol. The third-order valence-electron chi connectivity index (χ3n) is 3.46. The first-order chi connectivity index (χ1) is 11.0. The molecule has 0 saturated carbocycles. The van der Waals surface area contributed by atoms with Crippen LogP contribution >= 0.6 is 0 Å². The summed E-state index contributed by atoms with van der Waals surface area (Å²) in [6.07, 6.45) is 0. The van der Waals surface area contributed by atoms with Crippen LogP contribution in [-0.2, 0) is 11.3 Å². The lowest BCUT2D eigenvalue weighted by atomic mass is 10.1. The molecule has 0 atom stereocenters. The molecule has 0 amide bonds. The third kappa shape index (κ3) is 4.64. The molecule has 0 spiro atoms. The summed E-state index contributed by atoms with van der Waals surface area (Å²) in [7, 11) is 1.65. The molecule has 0 fully saturated rings. The summed E-state index contributed by atoms with van der Waals surface area (Å²) < 4.78 is 10.5. The van der Waals surface area contributed by atoms with Crippen molar-refractivity contribution in [1.29, 1.82) is 0 Å². The maximum absolute atomic E-state index is 10.6. The topological polar surface area (TPSA) is 67.8 Å². The summed E-state index contributed by atoms with van der Waals surface area (Å²) in [5, 5.41) is 12.1. The number of rotatable bonds is 7. The molecule has 2 aromatic rings. The van der Waals surface area contributed by atoms with Gasteiger partial charge in [-0.1, -0.05) is 12.1 Å². The Morgan fingerprint density at radius 1 is 1.13 bits per heavy atom. The van der Waals surface area contributed by atoms with Gasteiger partial charge in [0, 0.05) is 12.2 Å². The Balaban J connectivity index is 2.04. The molecule has 0 aliphatic heterocycles. The van der Waals surface area contributed by atoms with Crippen molar-refractivity contribution < 1.29 is 19.4 Å². The maximum atomic E-state index is 10.6. The lowest BCUT2D eigenvalue weighted by molar-refractivity contribution is -0.139. The van der Waals surface area contributed by atoms with Gasteiger partial charge in [0.15, 0.2) is 6.61 Å². The molecule has 2 N–H and O–H groups in total. The number of methoxy groups -OCH3 is 1. The van der Waals surface area contributed by atoms with Crippen LogP contribution in [0.3, 0.4) is 0 Å². The molecule has 0 heterocycles. The fourth-order valence-electron chi connectivity index (χ4n) is 2.36. The Morgan fingerprint density at radius 3 is 2.26 bits per heavy atom. The molecule has 0 aromatic heterocycles. The van der Waals surface area contributed by atoms with Crippen molar-refractivity contribution in [2.45, 2.75) is 20.4 Å². The molecule has 0 bridgehead atoms. The Labute approximate surface area is 135 Å². The first-order valence-electron chi connectivity index (χ1n) is 7.32. The van der Waals surface area contributed by atoms with Gasteiger partial charge in [0.2, 0.25) is 0 Å². The highest BCUT2D eigenvalue weighted by molar-refractivity contribution is 5.69. The summed E-state index contributed by atoms with van der Waals surface area (Å²) >= 11 is 0. The van der Waals surface area contributed by atoms with Crippen LogP contribution < -0.4 is 14.8 Å². The number of carbonyl (C=O) groups is 1. The smallest absolute Gasteiger partial charge is 0.341 e. The first-order valence-corrected chi connectivity index (χ1v) is 7.32. The van der Waals surface area contributed by atoms with E-state index in [1.54, 1.807) is 7.11 Å².